The molecule has 1 unspecified atom stereocenters. The number of nitrogens with zero attached hydrogens (tertiary/aromatic N) is 5. The molecular weight excluding hydrogens is 316 g/mol. The largest absolute Gasteiger partial charge is 0.384 e. The first-order valence-electron chi connectivity index (χ1n) is 7.54. The number of rotatable bonds is 3. The van der Waals surface area contributed by atoms with Crippen LogP contribution in [0.15, 0.2) is 51.7 Å². The van der Waals surface area contributed by atoms with Crippen molar-refractivity contribution in [2.24, 2.45) is 16.2 Å². The predicted molar refractivity (Wildman–Crippen MR) is 84.2 cm³/mol. The van der Waals surface area contributed by atoms with Crippen LogP contribution >= 0.6 is 11.6 Å². The van der Waals surface area contributed by atoms with Gasteiger partial charge in [0, 0.05) is 12.4 Å². The van der Waals surface area contributed by atoms with Crippen molar-refractivity contribution >= 4 is 11.6 Å². The minimum absolute atomic E-state index is 0.296. The van der Waals surface area contributed by atoms with E-state index in [-0.39, 0.29) is 6.04 Å². The van der Waals surface area contributed by atoms with E-state index < -0.39 is 5.60 Å². The van der Waals surface area contributed by atoms with Crippen LogP contribution in [-0.2, 0) is 12.1 Å². The summed E-state index contributed by atoms with van der Waals surface area (Å²) in [7, 11) is 0. The minimum Gasteiger partial charge on any atom is -0.384 e. The molecule has 1 aliphatic carbocycles. The third-order valence-electron chi connectivity index (χ3n) is 4.44. The van der Waals surface area contributed by atoms with Crippen LogP contribution in [0.25, 0.3) is 0 Å². The van der Waals surface area contributed by atoms with E-state index in [2.05, 4.69) is 15.3 Å². The molecule has 0 amide bonds. The lowest BCUT2D eigenvalue weighted by molar-refractivity contribution is -0.0428. The molecule has 4 rings (SSSR count). The smallest absolute Gasteiger partial charge is 0.153 e. The lowest BCUT2D eigenvalue weighted by atomic mass is 9.77. The number of hydrogen-bond donors (Lipinski definition) is 2. The first-order valence-corrected chi connectivity index (χ1v) is 7.92. The summed E-state index contributed by atoms with van der Waals surface area (Å²) in [6.07, 6.45) is 5.93. The highest BCUT2D eigenvalue weighted by atomic mass is 35.5. The van der Waals surface area contributed by atoms with Crippen LogP contribution in [0.4, 0.5) is 0 Å². The third-order valence-corrected chi connectivity index (χ3v) is 4.75. The molecule has 1 fully saturated rings. The van der Waals surface area contributed by atoms with E-state index in [0.717, 1.165) is 36.3 Å². The van der Waals surface area contributed by atoms with Crippen molar-refractivity contribution < 1.29 is 5.11 Å². The van der Waals surface area contributed by atoms with Gasteiger partial charge in [-0.2, -0.15) is 5.11 Å². The number of fused-ring (bicyclic) bond motifs is 1. The fourth-order valence-electron chi connectivity index (χ4n) is 2.97. The predicted octanol–water partition coefficient (Wildman–Crippen LogP) is 2.12. The molecule has 7 nitrogen and oxygen atoms in total. The number of aliphatic hydroxyl groups is 1. The number of nitrogens with two attached hydrogens (primary N) is 1. The number of halogens is 1. The first kappa shape index (κ1) is 14.6. The van der Waals surface area contributed by atoms with Gasteiger partial charge in [-0.15, -0.1) is 0 Å². The van der Waals surface area contributed by atoms with Crippen LogP contribution in [0.3, 0.4) is 0 Å². The second kappa shape index (κ2) is 5.30. The van der Waals surface area contributed by atoms with E-state index in [4.69, 9.17) is 17.4 Å². The van der Waals surface area contributed by atoms with Crippen LogP contribution in [0.5, 0.6) is 0 Å². The minimum atomic E-state index is -0.769. The Balaban J connectivity index is 1.55. The quantitative estimate of drug-likeness (QED) is 0.827. The van der Waals surface area contributed by atoms with Crippen molar-refractivity contribution in [3.63, 3.8) is 0 Å². The standard InChI is InChI=1S/C15H17ClN6O/c16-11-8-21(17)9-12-14(11)19-20-22(12)7-10-3-1-4-13(18-10)15(23)5-2-6-15/h1,3-4,8-9,14,23H,2,5-7,17H2. The zero-order valence-electron chi connectivity index (χ0n) is 12.4. The highest BCUT2D eigenvalue weighted by molar-refractivity contribution is 6.30. The molecule has 0 saturated heterocycles. The highest BCUT2D eigenvalue weighted by Gasteiger charge is 2.38. The Morgan fingerprint density at radius 2 is 2.17 bits per heavy atom. The third kappa shape index (κ3) is 2.50. The molecule has 3 aliphatic rings. The molecule has 0 spiro atoms. The second-order valence-electron chi connectivity index (χ2n) is 6.08. The SMILES string of the molecule is NN1C=C(Cl)C2N=NN(Cc3cccc(C4(O)CCC4)n3)C2=C1. The zero-order valence-corrected chi connectivity index (χ0v) is 13.2. The Labute approximate surface area is 138 Å². The Hall–Kier alpha value is -1.96. The second-order valence-corrected chi connectivity index (χ2v) is 6.52. The van der Waals surface area contributed by atoms with Gasteiger partial charge in [0.1, 0.15) is 5.60 Å². The molecule has 8 heteroatoms. The number of pyridine rings is 1. The molecule has 3 N–H and O–H groups in total. The maximum atomic E-state index is 10.4. The van der Waals surface area contributed by atoms with E-state index in [1.165, 1.54) is 5.01 Å². The first-order chi connectivity index (χ1) is 11.0. The normalized spacial score (nSPS) is 24.9. The molecule has 120 valence electrons. The van der Waals surface area contributed by atoms with Gasteiger partial charge in [0.25, 0.3) is 0 Å². The Bertz CT molecular complexity index is 726. The van der Waals surface area contributed by atoms with Crippen molar-refractivity contribution in [3.05, 3.63) is 52.7 Å². The monoisotopic (exact) mass is 332 g/mol. The van der Waals surface area contributed by atoms with Crippen LogP contribution in [0, 0.1) is 0 Å². The van der Waals surface area contributed by atoms with Crippen LogP contribution < -0.4 is 5.84 Å². The summed E-state index contributed by atoms with van der Waals surface area (Å²) in [5, 5.41) is 22.4. The molecule has 0 bridgehead atoms. The van der Waals surface area contributed by atoms with Crippen molar-refractivity contribution in [2.75, 3.05) is 0 Å². The van der Waals surface area contributed by atoms with Crippen molar-refractivity contribution in [3.8, 4) is 0 Å². The van der Waals surface area contributed by atoms with E-state index in [1.807, 2.05) is 18.2 Å². The maximum Gasteiger partial charge on any atom is 0.153 e. The fraction of sp³-hybridized carbons (Fsp3) is 0.400. The van der Waals surface area contributed by atoms with Crippen LogP contribution in [-0.4, -0.2) is 26.2 Å². The number of hydrogen-bond acceptors (Lipinski definition) is 7. The van der Waals surface area contributed by atoms with Gasteiger partial charge in [0.2, 0.25) is 0 Å². The van der Waals surface area contributed by atoms with Gasteiger partial charge >= 0.3 is 0 Å². The summed E-state index contributed by atoms with van der Waals surface area (Å²) in [6.45, 7) is 0.452. The summed E-state index contributed by atoms with van der Waals surface area (Å²) in [5.74, 6) is 5.78. The average Bonchev–Trinajstić information content (AvgIpc) is 2.88. The summed E-state index contributed by atoms with van der Waals surface area (Å²) in [5.41, 5.74) is 1.59. The van der Waals surface area contributed by atoms with Gasteiger partial charge in [0.15, 0.2) is 6.04 Å². The van der Waals surface area contributed by atoms with Gasteiger partial charge in [0.05, 0.1) is 28.7 Å². The number of aromatic nitrogens is 1. The molecule has 23 heavy (non-hydrogen) atoms. The topological polar surface area (TPSA) is 90.3 Å². The van der Waals surface area contributed by atoms with Crippen molar-refractivity contribution in [1.82, 2.24) is 15.0 Å². The van der Waals surface area contributed by atoms with E-state index in [1.54, 1.807) is 17.4 Å². The van der Waals surface area contributed by atoms with Crippen LogP contribution in [0.2, 0.25) is 0 Å². The molecule has 3 heterocycles. The molecular formula is C15H17ClN6O. The van der Waals surface area contributed by atoms with Gasteiger partial charge < -0.3 is 5.11 Å². The molecule has 0 radical (unpaired) electrons. The summed E-state index contributed by atoms with van der Waals surface area (Å²) in [4.78, 5) is 4.59. The number of hydrazine groups is 1. The van der Waals surface area contributed by atoms with E-state index in [0.29, 0.717) is 11.6 Å². The molecule has 1 aromatic heterocycles. The lowest BCUT2D eigenvalue weighted by Gasteiger charge is -2.36. The fourth-order valence-corrected chi connectivity index (χ4v) is 3.24. The van der Waals surface area contributed by atoms with Crippen molar-refractivity contribution in [2.45, 2.75) is 37.5 Å². The lowest BCUT2D eigenvalue weighted by Crippen LogP contribution is -2.35. The molecule has 1 saturated carbocycles. The summed E-state index contributed by atoms with van der Waals surface area (Å²) < 4.78 is 0. The van der Waals surface area contributed by atoms with Gasteiger partial charge in [-0.1, -0.05) is 22.9 Å². The zero-order chi connectivity index (χ0) is 16.0. The van der Waals surface area contributed by atoms with Gasteiger partial charge in [-0.3, -0.25) is 9.99 Å². The molecule has 1 aromatic rings. The maximum absolute atomic E-state index is 10.4. The average molecular weight is 333 g/mol. The van der Waals surface area contributed by atoms with Crippen molar-refractivity contribution in [1.29, 1.82) is 0 Å². The molecule has 0 aromatic carbocycles. The Morgan fingerprint density at radius 1 is 1.35 bits per heavy atom. The van der Waals surface area contributed by atoms with Gasteiger partial charge in [-0.25, -0.2) is 10.9 Å². The molecule has 2 aliphatic heterocycles. The highest BCUT2D eigenvalue weighted by Crippen LogP contribution is 2.40. The van der Waals surface area contributed by atoms with Gasteiger partial charge in [-0.05, 0) is 31.4 Å². The van der Waals surface area contributed by atoms with Crippen LogP contribution in [0.1, 0.15) is 30.7 Å². The summed E-state index contributed by atoms with van der Waals surface area (Å²) >= 11 is 6.16. The van der Waals surface area contributed by atoms with E-state index in [9.17, 15) is 5.11 Å². The Morgan fingerprint density at radius 3 is 2.91 bits per heavy atom. The Kier molecular flexibility index (Phi) is 3.37. The molecule has 1 atom stereocenters. The van der Waals surface area contributed by atoms with E-state index >= 15 is 0 Å². The summed E-state index contributed by atoms with van der Waals surface area (Å²) in [6, 6.07) is 5.40.